The molecule has 0 saturated carbocycles. The Morgan fingerprint density at radius 2 is 1.79 bits per heavy atom. The van der Waals surface area contributed by atoms with Gasteiger partial charge < -0.3 is 9.15 Å². The zero-order valence-electron chi connectivity index (χ0n) is 17.2. The molecule has 0 fully saturated rings. The molecule has 4 rings (SSSR count). The zero-order valence-corrected chi connectivity index (χ0v) is 18.0. The average molecular weight is 470 g/mol. The Hall–Kier alpha value is -3.92. The van der Waals surface area contributed by atoms with Gasteiger partial charge in [0.05, 0.1) is 22.6 Å². The van der Waals surface area contributed by atoms with Crippen LogP contribution in [0.5, 0.6) is 0 Å². The summed E-state index contributed by atoms with van der Waals surface area (Å²) in [6, 6.07) is 17.2. The summed E-state index contributed by atoms with van der Waals surface area (Å²) in [5.74, 6) is -1.68. The van der Waals surface area contributed by atoms with Gasteiger partial charge in [0.15, 0.2) is 5.58 Å². The van der Waals surface area contributed by atoms with E-state index in [1.54, 1.807) is 24.3 Å². The van der Waals surface area contributed by atoms with Gasteiger partial charge in [0.1, 0.15) is 5.82 Å². The van der Waals surface area contributed by atoms with Crippen molar-refractivity contribution in [3.63, 3.8) is 0 Å². The van der Waals surface area contributed by atoms with Crippen molar-refractivity contribution in [1.29, 1.82) is 0 Å². The Kier molecular flexibility index (Phi) is 6.27. The van der Waals surface area contributed by atoms with Crippen molar-refractivity contribution in [1.82, 2.24) is 4.57 Å². The number of ether oxygens (including phenoxy) is 1. The third kappa shape index (κ3) is 5.12. The molecule has 0 spiro atoms. The van der Waals surface area contributed by atoms with Crippen molar-refractivity contribution in [3.05, 3.63) is 94.7 Å². The maximum absolute atomic E-state index is 13.0. The number of aromatic nitrogens is 1. The number of carbonyl (C=O) groups is 1. The molecule has 0 bridgehead atoms. The highest BCUT2D eigenvalue weighted by molar-refractivity contribution is 7.92. The second kappa shape index (κ2) is 9.29. The fourth-order valence-electron chi connectivity index (χ4n) is 3.22. The number of carbonyl (C=O) groups excluding carboxylic acids is 1. The number of aryl methyl sites for hydroxylation is 1. The van der Waals surface area contributed by atoms with Crippen LogP contribution in [0.2, 0.25) is 0 Å². The van der Waals surface area contributed by atoms with Crippen LogP contribution in [0.25, 0.3) is 11.1 Å². The number of hydrogen-bond donors (Lipinski definition) is 1. The van der Waals surface area contributed by atoms with Gasteiger partial charge in [0.2, 0.25) is 0 Å². The molecule has 0 amide bonds. The first-order valence-corrected chi connectivity index (χ1v) is 11.5. The van der Waals surface area contributed by atoms with Gasteiger partial charge in [-0.25, -0.2) is 22.4 Å². The van der Waals surface area contributed by atoms with Crippen LogP contribution < -0.4 is 10.5 Å². The second-order valence-corrected chi connectivity index (χ2v) is 8.80. The van der Waals surface area contributed by atoms with Crippen molar-refractivity contribution >= 4 is 32.8 Å². The molecule has 0 unspecified atom stereocenters. The van der Waals surface area contributed by atoms with Crippen LogP contribution in [0.4, 0.5) is 10.1 Å². The van der Waals surface area contributed by atoms with E-state index in [-0.39, 0.29) is 22.8 Å². The van der Waals surface area contributed by atoms with Crippen LogP contribution in [-0.4, -0.2) is 25.6 Å². The van der Waals surface area contributed by atoms with E-state index >= 15 is 0 Å². The Morgan fingerprint density at radius 3 is 2.58 bits per heavy atom. The van der Waals surface area contributed by atoms with Crippen LogP contribution >= 0.6 is 0 Å². The molecule has 0 aliphatic rings. The molecular formula is C23H19FN2O6S. The summed E-state index contributed by atoms with van der Waals surface area (Å²) in [6.45, 7) is 0.314. The van der Waals surface area contributed by atoms with Crippen molar-refractivity contribution < 1.29 is 26.8 Å². The van der Waals surface area contributed by atoms with Crippen LogP contribution in [0, 0.1) is 5.82 Å². The summed E-state index contributed by atoms with van der Waals surface area (Å²) < 4.78 is 52.4. The third-order valence-corrected chi connectivity index (χ3v) is 6.19. The van der Waals surface area contributed by atoms with Crippen molar-refractivity contribution in [2.45, 2.75) is 17.9 Å². The Balaban J connectivity index is 1.37. The minimum Gasteiger partial charge on any atom is -0.462 e. The predicted octanol–water partition coefficient (Wildman–Crippen LogP) is 3.78. The van der Waals surface area contributed by atoms with E-state index in [2.05, 4.69) is 4.72 Å². The van der Waals surface area contributed by atoms with Crippen LogP contribution in [0.3, 0.4) is 0 Å². The summed E-state index contributed by atoms with van der Waals surface area (Å²) in [5.41, 5.74) is 1.38. The first kappa shape index (κ1) is 22.3. The van der Waals surface area contributed by atoms with Gasteiger partial charge in [0, 0.05) is 12.2 Å². The van der Waals surface area contributed by atoms with Gasteiger partial charge in [-0.1, -0.05) is 18.2 Å². The summed E-state index contributed by atoms with van der Waals surface area (Å²) in [5, 5.41) is 0. The molecule has 3 aromatic carbocycles. The van der Waals surface area contributed by atoms with Gasteiger partial charge in [-0.3, -0.25) is 9.29 Å². The highest BCUT2D eigenvalue weighted by Gasteiger charge is 2.17. The molecule has 8 nitrogen and oxygen atoms in total. The number of sulfonamides is 1. The van der Waals surface area contributed by atoms with Crippen molar-refractivity contribution in [2.75, 3.05) is 11.3 Å². The Bertz CT molecular complexity index is 1460. The molecule has 4 aromatic rings. The zero-order chi connectivity index (χ0) is 23.4. The smallest absolute Gasteiger partial charge is 0.419 e. The number of nitrogens with one attached hydrogen (secondary N) is 1. The number of benzene rings is 3. The predicted molar refractivity (Wildman–Crippen MR) is 119 cm³/mol. The number of esters is 1. The average Bonchev–Trinajstić information content (AvgIpc) is 3.13. The molecule has 10 heteroatoms. The first-order chi connectivity index (χ1) is 15.8. The molecule has 0 atom stereocenters. The minimum atomic E-state index is -3.99. The normalized spacial score (nSPS) is 11.4. The van der Waals surface area contributed by atoms with Crippen LogP contribution in [0.15, 0.2) is 86.9 Å². The monoisotopic (exact) mass is 470 g/mol. The molecule has 0 aliphatic heterocycles. The molecular weight excluding hydrogens is 451 g/mol. The number of halogens is 1. The lowest BCUT2D eigenvalue weighted by Gasteiger charge is -2.10. The molecule has 1 N–H and O–H groups in total. The summed E-state index contributed by atoms with van der Waals surface area (Å²) >= 11 is 0. The quantitative estimate of drug-likeness (QED) is 0.310. The molecule has 0 saturated heterocycles. The van der Waals surface area contributed by atoms with E-state index in [9.17, 15) is 22.4 Å². The topological polar surface area (TPSA) is 108 Å². The lowest BCUT2D eigenvalue weighted by atomic mass is 10.2. The van der Waals surface area contributed by atoms with Gasteiger partial charge >= 0.3 is 11.7 Å². The fourth-order valence-corrected chi connectivity index (χ4v) is 4.32. The Labute approximate surface area is 188 Å². The van der Waals surface area contributed by atoms with E-state index in [1.807, 2.05) is 0 Å². The van der Waals surface area contributed by atoms with E-state index in [0.717, 1.165) is 12.1 Å². The van der Waals surface area contributed by atoms with Crippen molar-refractivity contribution in [3.8, 4) is 0 Å². The fraction of sp³-hybridized carbons (Fsp3) is 0.130. The molecule has 1 aromatic heterocycles. The van der Waals surface area contributed by atoms with Crippen molar-refractivity contribution in [2.24, 2.45) is 0 Å². The van der Waals surface area contributed by atoms with Gasteiger partial charge in [-0.15, -0.1) is 0 Å². The highest BCUT2D eigenvalue weighted by Crippen LogP contribution is 2.18. The maximum atomic E-state index is 13.0. The van der Waals surface area contributed by atoms with Gasteiger partial charge in [0.25, 0.3) is 10.0 Å². The second-order valence-electron chi connectivity index (χ2n) is 7.12. The molecule has 1 heterocycles. The maximum Gasteiger partial charge on any atom is 0.419 e. The summed E-state index contributed by atoms with van der Waals surface area (Å²) in [7, 11) is -3.99. The third-order valence-electron chi connectivity index (χ3n) is 4.81. The van der Waals surface area contributed by atoms with Crippen LogP contribution in [-0.2, 0) is 21.3 Å². The number of fused-ring (bicyclic) bond motifs is 1. The molecule has 0 radical (unpaired) electrons. The Morgan fingerprint density at radius 1 is 1.03 bits per heavy atom. The minimum absolute atomic E-state index is 0.0234. The number of oxazole rings is 1. The van der Waals surface area contributed by atoms with E-state index in [0.29, 0.717) is 24.1 Å². The first-order valence-electron chi connectivity index (χ1n) is 9.97. The lowest BCUT2D eigenvalue weighted by molar-refractivity contribution is 0.0495. The van der Waals surface area contributed by atoms with Gasteiger partial charge in [-0.2, -0.15) is 0 Å². The standard InChI is InChI=1S/C23H19FN2O6S/c24-17-9-11-18(12-10-17)25-33(29,30)19-6-3-5-16(15-19)22(27)31-14-4-13-26-20-7-1-2-8-21(20)32-23(26)28/h1-3,5-12,15,25H,4,13-14H2. The van der Waals surface area contributed by atoms with Crippen LogP contribution in [0.1, 0.15) is 16.8 Å². The van der Waals surface area contributed by atoms with E-state index < -0.39 is 27.6 Å². The number of para-hydroxylation sites is 2. The summed E-state index contributed by atoms with van der Waals surface area (Å²) in [6.07, 6.45) is 0.360. The van der Waals surface area contributed by atoms with Gasteiger partial charge in [-0.05, 0) is 61.0 Å². The van der Waals surface area contributed by atoms with E-state index in [1.165, 1.54) is 41.0 Å². The number of nitrogens with zero attached hydrogens (tertiary/aromatic N) is 1. The summed E-state index contributed by atoms with van der Waals surface area (Å²) in [4.78, 5) is 24.2. The number of anilines is 1. The SMILES string of the molecule is O=C(OCCCn1c(=O)oc2ccccc21)c1cccc(S(=O)(=O)Nc2ccc(F)cc2)c1. The molecule has 170 valence electrons. The molecule has 0 aliphatic carbocycles. The number of hydrogen-bond acceptors (Lipinski definition) is 6. The van der Waals surface area contributed by atoms with E-state index in [4.69, 9.17) is 9.15 Å². The number of rotatable bonds is 8. The highest BCUT2D eigenvalue weighted by atomic mass is 32.2. The lowest BCUT2D eigenvalue weighted by Crippen LogP contribution is -2.16. The largest absolute Gasteiger partial charge is 0.462 e. The molecule has 33 heavy (non-hydrogen) atoms.